The van der Waals surface area contributed by atoms with E-state index >= 15 is 0 Å². The van der Waals surface area contributed by atoms with Gasteiger partial charge in [0.2, 0.25) is 0 Å². The number of nitrogens with one attached hydrogen (secondary N) is 2. The van der Waals surface area contributed by atoms with E-state index in [-0.39, 0.29) is 17.6 Å². The third-order valence-electron chi connectivity index (χ3n) is 3.06. The Balaban J connectivity index is 2.05. The number of aromatic amines is 1. The van der Waals surface area contributed by atoms with E-state index in [2.05, 4.69) is 20.7 Å². The fraction of sp³-hybridized carbons (Fsp3) is 0.267. The number of rotatable bonds is 4. The number of amides is 1. The van der Waals surface area contributed by atoms with Crippen LogP contribution in [0.3, 0.4) is 0 Å². The zero-order chi connectivity index (χ0) is 15.4. The first-order valence-corrected chi connectivity index (χ1v) is 6.66. The van der Waals surface area contributed by atoms with Crippen molar-refractivity contribution in [3.05, 3.63) is 47.3 Å². The second-order valence-corrected chi connectivity index (χ2v) is 5.05. The molecule has 0 unspecified atom stereocenters. The van der Waals surface area contributed by atoms with Crippen LogP contribution in [0.5, 0.6) is 5.75 Å². The number of aromatic hydroxyl groups is 1. The minimum Gasteiger partial charge on any atom is -0.508 e. The number of benzene rings is 1. The van der Waals surface area contributed by atoms with E-state index in [1.807, 2.05) is 13.8 Å². The van der Waals surface area contributed by atoms with Gasteiger partial charge in [-0.2, -0.15) is 10.2 Å². The molecule has 1 amide bonds. The van der Waals surface area contributed by atoms with Gasteiger partial charge in [0.25, 0.3) is 5.91 Å². The van der Waals surface area contributed by atoms with Gasteiger partial charge in [0.15, 0.2) is 5.69 Å². The van der Waals surface area contributed by atoms with Gasteiger partial charge in [-0.15, -0.1) is 0 Å². The summed E-state index contributed by atoms with van der Waals surface area (Å²) in [4.78, 5) is 11.9. The van der Waals surface area contributed by atoms with Crippen LogP contribution in [0.25, 0.3) is 0 Å². The van der Waals surface area contributed by atoms with E-state index in [1.54, 1.807) is 37.3 Å². The number of carbonyl (C=O) groups is 1. The summed E-state index contributed by atoms with van der Waals surface area (Å²) in [5, 5.41) is 20.1. The molecule has 0 saturated carbocycles. The first-order valence-electron chi connectivity index (χ1n) is 6.66. The van der Waals surface area contributed by atoms with Crippen molar-refractivity contribution >= 4 is 11.6 Å². The summed E-state index contributed by atoms with van der Waals surface area (Å²) >= 11 is 0. The van der Waals surface area contributed by atoms with E-state index in [0.29, 0.717) is 11.4 Å². The SMILES string of the molecule is CC(=NNC(=O)c1cc(C(C)C)[nH]n1)c1ccc(O)cc1. The number of carbonyl (C=O) groups excluding carboxylic acids is 1. The van der Waals surface area contributed by atoms with Crippen LogP contribution < -0.4 is 5.43 Å². The molecule has 0 saturated heterocycles. The lowest BCUT2D eigenvalue weighted by Gasteiger charge is -2.01. The standard InChI is InChI=1S/C15H18N4O2/c1-9(2)13-8-14(18-17-13)15(21)19-16-10(3)11-4-6-12(20)7-5-11/h4-9,20H,1-3H3,(H,17,18)(H,19,21). The minimum absolute atomic E-state index is 0.188. The summed E-state index contributed by atoms with van der Waals surface area (Å²) < 4.78 is 0. The molecule has 1 aromatic heterocycles. The highest BCUT2D eigenvalue weighted by molar-refractivity contribution is 6.00. The topological polar surface area (TPSA) is 90.4 Å². The van der Waals surface area contributed by atoms with Crippen LogP contribution in [-0.2, 0) is 0 Å². The Hall–Kier alpha value is -2.63. The van der Waals surface area contributed by atoms with Gasteiger partial charge >= 0.3 is 0 Å². The molecule has 1 heterocycles. The average Bonchev–Trinajstić information content (AvgIpc) is 2.95. The number of hydrazone groups is 1. The summed E-state index contributed by atoms with van der Waals surface area (Å²) in [6, 6.07) is 8.31. The highest BCUT2D eigenvalue weighted by Gasteiger charge is 2.11. The predicted octanol–water partition coefficient (Wildman–Crippen LogP) is 2.39. The Bertz CT molecular complexity index is 657. The van der Waals surface area contributed by atoms with E-state index < -0.39 is 0 Å². The molecular formula is C15H18N4O2. The van der Waals surface area contributed by atoms with Gasteiger partial charge in [0.05, 0.1) is 5.71 Å². The van der Waals surface area contributed by atoms with Crippen molar-refractivity contribution in [1.29, 1.82) is 0 Å². The van der Waals surface area contributed by atoms with Crippen molar-refractivity contribution in [1.82, 2.24) is 15.6 Å². The number of aromatic nitrogens is 2. The molecule has 0 radical (unpaired) electrons. The summed E-state index contributed by atoms with van der Waals surface area (Å²) in [7, 11) is 0. The van der Waals surface area contributed by atoms with Crippen molar-refractivity contribution in [3.8, 4) is 5.75 Å². The van der Waals surface area contributed by atoms with E-state index in [1.165, 1.54) is 0 Å². The molecule has 0 aliphatic carbocycles. The molecular weight excluding hydrogens is 268 g/mol. The third-order valence-corrected chi connectivity index (χ3v) is 3.06. The summed E-state index contributed by atoms with van der Waals surface area (Å²) in [6.45, 7) is 5.81. The largest absolute Gasteiger partial charge is 0.508 e. The highest BCUT2D eigenvalue weighted by atomic mass is 16.3. The number of nitrogens with zero attached hydrogens (tertiary/aromatic N) is 2. The maximum atomic E-state index is 11.9. The smallest absolute Gasteiger partial charge is 0.291 e. The van der Waals surface area contributed by atoms with Crippen LogP contribution in [0, 0.1) is 0 Å². The normalized spacial score (nSPS) is 11.7. The molecule has 0 atom stereocenters. The van der Waals surface area contributed by atoms with Crippen LogP contribution in [0.15, 0.2) is 35.4 Å². The molecule has 21 heavy (non-hydrogen) atoms. The van der Waals surface area contributed by atoms with Crippen LogP contribution in [-0.4, -0.2) is 26.9 Å². The second kappa shape index (κ2) is 6.21. The number of hydrogen-bond donors (Lipinski definition) is 3. The molecule has 3 N–H and O–H groups in total. The van der Waals surface area contributed by atoms with Gasteiger partial charge < -0.3 is 5.11 Å². The number of hydrogen-bond acceptors (Lipinski definition) is 4. The summed E-state index contributed by atoms with van der Waals surface area (Å²) in [5.41, 5.74) is 5.14. The van der Waals surface area contributed by atoms with Crippen LogP contribution in [0.4, 0.5) is 0 Å². The first kappa shape index (κ1) is 14.8. The third kappa shape index (κ3) is 3.68. The lowest BCUT2D eigenvalue weighted by atomic mass is 10.1. The van der Waals surface area contributed by atoms with Gasteiger partial charge in [-0.25, -0.2) is 5.43 Å². The minimum atomic E-state index is -0.365. The molecule has 6 heteroatoms. The zero-order valence-electron chi connectivity index (χ0n) is 12.2. The Morgan fingerprint density at radius 3 is 2.57 bits per heavy atom. The number of H-pyrrole nitrogens is 1. The zero-order valence-corrected chi connectivity index (χ0v) is 12.2. The van der Waals surface area contributed by atoms with Crippen LogP contribution in [0.2, 0.25) is 0 Å². The van der Waals surface area contributed by atoms with Crippen molar-refractivity contribution in [2.75, 3.05) is 0 Å². The second-order valence-electron chi connectivity index (χ2n) is 5.05. The fourth-order valence-corrected chi connectivity index (χ4v) is 1.71. The molecule has 2 rings (SSSR count). The van der Waals surface area contributed by atoms with Crippen molar-refractivity contribution in [2.45, 2.75) is 26.7 Å². The van der Waals surface area contributed by atoms with E-state index in [0.717, 1.165) is 11.3 Å². The summed E-state index contributed by atoms with van der Waals surface area (Å²) in [6.07, 6.45) is 0. The Morgan fingerprint density at radius 1 is 1.33 bits per heavy atom. The molecule has 0 aliphatic heterocycles. The molecule has 110 valence electrons. The Kier molecular flexibility index (Phi) is 4.37. The molecule has 0 aliphatic rings. The maximum absolute atomic E-state index is 11.9. The van der Waals surface area contributed by atoms with Crippen LogP contribution >= 0.6 is 0 Å². The Morgan fingerprint density at radius 2 is 2.00 bits per heavy atom. The summed E-state index contributed by atoms with van der Waals surface area (Å²) in [5.74, 6) is 0.103. The fourth-order valence-electron chi connectivity index (χ4n) is 1.71. The van der Waals surface area contributed by atoms with E-state index in [4.69, 9.17) is 0 Å². The number of phenols is 1. The number of phenolic OH excluding ortho intramolecular Hbond substituents is 1. The lowest BCUT2D eigenvalue weighted by molar-refractivity contribution is 0.0950. The molecule has 6 nitrogen and oxygen atoms in total. The molecule has 0 spiro atoms. The van der Waals surface area contributed by atoms with E-state index in [9.17, 15) is 9.90 Å². The van der Waals surface area contributed by atoms with Gasteiger partial charge in [-0.3, -0.25) is 9.89 Å². The van der Waals surface area contributed by atoms with Crippen molar-refractivity contribution < 1.29 is 9.90 Å². The molecule has 0 fully saturated rings. The van der Waals surface area contributed by atoms with Gasteiger partial charge in [0.1, 0.15) is 5.75 Å². The van der Waals surface area contributed by atoms with Crippen LogP contribution in [0.1, 0.15) is 48.4 Å². The lowest BCUT2D eigenvalue weighted by Crippen LogP contribution is -2.19. The maximum Gasteiger partial charge on any atom is 0.291 e. The average molecular weight is 286 g/mol. The predicted molar refractivity (Wildman–Crippen MR) is 80.5 cm³/mol. The molecule has 1 aromatic carbocycles. The van der Waals surface area contributed by atoms with Gasteiger partial charge in [-0.05, 0) is 48.7 Å². The van der Waals surface area contributed by atoms with Crippen molar-refractivity contribution in [2.24, 2.45) is 5.10 Å². The quantitative estimate of drug-likeness (QED) is 0.595. The van der Waals surface area contributed by atoms with Gasteiger partial charge in [0, 0.05) is 5.69 Å². The highest BCUT2D eigenvalue weighted by Crippen LogP contribution is 2.12. The van der Waals surface area contributed by atoms with Crippen molar-refractivity contribution in [3.63, 3.8) is 0 Å². The first-order chi connectivity index (χ1) is 9.97. The molecule has 0 bridgehead atoms. The molecule has 2 aromatic rings. The monoisotopic (exact) mass is 286 g/mol. The Labute approximate surface area is 122 Å². The van der Waals surface area contributed by atoms with Gasteiger partial charge in [-0.1, -0.05) is 13.8 Å².